The lowest BCUT2D eigenvalue weighted by atomic mass is 10.2. The summed E-state index contributed by atoms with van der Waals surface area (Å²) in [5, 5.41) is 8.12. The van der Waals surface area contributed by atoms with Gasteiger partial charge in [-0.1, -0.05) is 24.3 Å². The normalized spacial score (nSPS) is 10.5. The van der Waals surface area contributed by atoms with Gasteiger partial charge in [-0.15, -0.1) is 0 Å². The van der Waals surface area contributed by atoms with Crippen molar-refractivity contribution in [3.8, 4) is 5.75 Å². The van der Waals surface area contributed by atoms with Gasteiger partial charge in [0.05, 0.1) is 7.11 Å². The third-order valence-corrected chi connectivity index (χ3v) is 4.04. The summed E-state index contributed by atoms with van der Waals surface area (Å²) < 4.78 is 18.5. The highest BCUT2D eigenvalue weighted by atomic mass is 19.1. The van der Waals surface area contributed by atoms with E-state index in [1.54, 1.807) is 42.5 Å². The molecule has 0 aliphatic rings. The van der Waals surface area contributed by atoms with Crippen molar-refractivity contribution in [2.24, 2.45) is 0 Å². The van der Waals surface area contributed by atoms with Gasteiger partial charge >= 0.3 is 6.03 Å². The monoisotopic (exact) mass is 405 g/mol. The van der Waals surface area contributed by atoms with Crippen molar-refractivity contribution in [2.45, 2.75) is 0 Å². The third kappa shape index (κ3) is 5.93. The van der Waals surface area contributed by atoms with Crippen molar-refractivity contribution in [3.63, 3.8) is 0 Å². The summed E-state index contributed by atoms with van der Waals surface area (Å²) in [6, 6.07) is 19.8. The molecule has 0 bridgehead atoms. The first kappa shape index (κ1) is 20.6. The van der Waals surface area contributed by atoms with E-state index in [2.05, 4.69) is 16.0 Å². The molecule has 3 aromatic rings. The third-order valence-electron chi connectivity index (χ3n) is 4.04. The summed E-state index contributed by atoms with van der Waals surface area (Å²) in [7, 11) is 1.39. The van der Waals surface area contributed by atoms with Crippen molar-refractivity contribution >= 4 is 35.1 Å². The first-order valence-electron chi connectivity index (χ1n) is 9.09. The van der Waals surface area contributed by atoms with E-state index in [1.807, 2.05) is 18.2 Å². The van der Waals surface area contributed by atoms with Gasteiger partial charge in [0.1, 0.15) is 0 Å². The van der Waals surface area contributed by atoms with Gasteiger partial charge in [0, 0.05) is 23.1 Å². The van der Waals surface area contributed by atoms with Crippen LogP contribution >= 0.6 is 0 Å². The van der Waals surface area contributed by atoms with E-state index in [0.717, 1.165) is 0 Å². The molecule has 7 heteroatoms. The Morgan fingerprint density at radius 3 is 2.03 bits per heavy atom. The van der Waals surface area contributed by atoms with Crippen molar-refractivity contribution in [1.82, 2.24) is 0 Å². The second-order valence-electron chi connectivity index (χ2n) is 6.24. The van der Waals surface area contributed by atoms with Gasteiger partial charge in [0.15, 0.2) is 11.6 Å². The molecule has 0 aromatic heterocycles. The van der Waals surface area contributed by atoms with Crippen LogP contribution in [0.5, 0.6) is 5.75 Å². The highest BCUT2D eigenvalue weighted by molar-refractivity contribution is 6.02. The maximum atomic E-state index is 13.7. The lowest BCUT2D eigenvalue weighted by Crippen LogP contribution is -2.19. The van der Waals surface area contributed by atoms with Gasteiger partial charge < -0.3 is 20.7 Å². The van der Waals surface area contributed by atoms with E-state index in [9.17, 15) is 14.0 Å². The Hall–Kier alpha value is -4.13. The molecule has 0 heterocycles. The van der Waals surface area contributed by atoms with Crippen LogP contribution in [-0.2, 0) is 4.79 Å². The van der Waals surface area contributed by atoms with Gasteiger partial charge in [-0.3, -0.25) is 4.79 Å². The minimum absolute atomic E-state index is 0.141. The fraction of sp³-hybridized carbons (Fsp3) is 0.0435. The second kappa shape index (κ2) is 9.88. The number of methoxy groups -OCH3 is 1. The largest absolute Gasteiger partial charge is 0.494 e. The molecule has 3 N–H and O–H groups in total. The maximum Gasteiger partial charge on any atom is 0.323 e. The van der Waals surface area contributed by atoms with E-state index < -0.39 is 5.82 Å². The van der Waals surface area contributed by atoms with Gasteiger partial charge in [-0.2, -0.15) is 0 Å². The van der Waals surface area contributed by atoms with Crippen molar-refractivity contribution in [1.29, 1.82) is 0 Å². The van der Waals surface area contributed by atoms with E-state index in [0.29, 0.717) is 22.6 Å². The molecule has 3 amide bonds. The number of carbonyl (C=O) groups excluding carboxylic acids is 2. The number of hydrogen-bond acceptors (Lipinski definition) is 3. The van der Waals surface area contributed by atoms with Crippen LogP contribution in [0.2, 0.25) is 0 Å². The summed E-state index contributed by atoms with van der Waals surface area (Å²) in [4.78, 5) is 24.1. The molecule has 6 nitrogen and oxygen atoms in total. The summed E-state index contributed by atoms with van der Waals surface area (Å²) in [5.41, 5.74) is 2.35. The topological polar surface area (TPSA) is 79.5 Å². The van der Waals surface area contributed by atoms with Crippen LogP contribution in [0.15, 0.2) is 78.9 Å². The molecule has 30 heavy (non-hydrogen) atoms. The van der Waals surface area contributed by atoms with E-state index in [1.165, 1.54) is 31.4 Å². The molecule has 0 radical (unpaired) electrons. The summed E-state index contributed by atoms with van der Waals surface area (Å²) >= 11 is 0. The van der Waals surface area contributed by atoms with Crippen LogP contribution < -0.4 is 20.7 Å². The Labute approximate surface area is 173 Å². The Morgan fingerprint density at radius 2 is 1.43 bits per heavy atom. The number of amides is 3. The zero-order chi connectivity index (χ0) is 21.3. The van der Waals surface area contributed by atoms with Gasteiger partial charge in [-0.25, -0.2) is 9.18 Å². The second-order valence-corrected chi connectivity index (χ2v) is 6.24. The van der Waals surface area contributed by atoms with Crippen LogP contribution in [0.4, 0.5) is 26.2 Å². The van der Waals surface area contributed by atoms with Crippen LogP contribution in [0.3, 0.4) is 0 Å². The highest BCUT2D eigenvalue weighted by Crippen LogP contribution is 2.19. The zero-order valence-electron chi connectivity index (χ0n) is 16.2. The Bertz CT molecular complexity index is 1050. The van der Waals surface area contributed by atoms with E-state index in [4.69, 9.17) is 4.74 Å². The average molecular weight is 405 g/mol. The molecule has 0 atom stereocenters. The standard InChI is InChI=1S/C23H20FN3O3/c1-30-21-13-7-16(15-20(21)24)8-14-22(28)25-18-9-11-19(12-10-18)27-23(29)26-17-5-3-2-4-6-17/h2-15H,1H3,(H,25,28)(H2,26,27,29)/b14-8+. The van der Waals surface area contributed by atoms with E-state index >= 15 is 0 Å². The summed E-state index contributed by atoms with van der Waals surface area (Å²) in [6.45, 7) is 0. The summed E-state index contributed by atoms with van der Waals surface area (Å²) in [5.74, 6) is -0.726. The predicted octanol–water partition coefficient (Wildman–Crippen LogP) is 5.13. The molecular weight excluding hydrogens is 385 g/mol. The molecule has 0 saturated heterocycles. The highest BCUT2D eigenvalue weighted by Gasteiger charge is 2.04. The molecule has 0 aliphatic heterocycles. The van der Waals surface area contributed by atoms with Crippen LogP contribution in [0.25, 0.3) is 6.08 Å². The lowest BCUT2D eigenvalue weighted by Gasteiger charge is -2.08. The number of urea groups is 1. The Balaban J connectivity index is 1.52. The SMILES string of the molecule is COc1ccc(/C=C/C(=O)Nc2ccc(NC(=O)Nc3ccccc3)cc2)cc1F. The minimum Gasteiger partial charge on any atom is -0.494 e. The number of ether oxygens (including phenoxy) is 1. The molecule has 3 rings (SSSR count). The minimum atomic E-state index is -0.501. The quantitative estimate of drug-likeness (QED) is 0.498. The van der Waals surface area contributed by atoms with Crippen molar-refractivity contribution in [3.05, 3.63) is 90.3 Å². The van der Waals surface area contributed by atoms with Crippen LogP contribution in [-0.4, -0.2) is 19.0 Å². The van der Waals surface area contributed by atoms with Crippen LogP contribution in [0, 0.1) is 5.82 Å². The smallest absolute Gasteiger partial charge is 0.323 e. The molecule has 3 aromatic carbocycles. The molecule has 0 fully saturated rings. The molecule has 0 aliphatic carbocycles. The van der Waals surface area contributed by atoms with Gasteiger partial charge in [0.2, 0.25) is 5.91 Å². The number of carbonyl (C=O) groups is 2. The first-order chi connectivity index (χ1) is 14.5. The average Bonchev–Trinajstić information content (AvgIpc) is 2.74. The molecule has 0 spiro atoms. The predicted molar refractivity (Wildman–Crippen MR) is 116 cm³/mol. The number of para-hydroxylation sites is 1. The van der Waals surface area contributed by atoms with Gasteiger partial charge in [0.25, 0.3) is 0 Å². The first-order valence-corrected chi connectivity index (χ1v) is 9.09. The zero-order valence-corrected chi connectivity index (χ0v) is 16.2. The Kier molecular flexibility index (Phi) is 6.78. The fourth-order valence-electron chi connectivity index (χ4n) is 2.59. The van der Waals surface area contributed by atoms with E-state index in [-0.39, 0.29) is 17.7 Å². The number of halogens is 1. The molecule has 0 unspecified atom stereocenters. The summed E-state index contributed by atoms with van der Waals surface area (Å²) in [6.07, 6.45) is 2.81. The number of benzene rings is 3. The number of anilines is 3. The molecule has 0 saturated carbocycles. The maximum absolute atomic E-state index is 13.7. The Morgan fingerprint density at radius 1 is 0.833 bits per heavy atom. The number of nitrogens with one attached hydrogen (secondary N) is 3. The van der Waals surface area contributed by atoms with Crippen molar-refractivity contribution < 1.29 is 18.7 Å². The molecule has 152 valence electrons. The van der Waals surface area contributed by atoms with Crippen LogP contribution in [0.1, 0.15) is 5.56 Å². The number of rotatable bonds is 6. The van der Waals surface area contributed by atoms with Gasteiger partial charge in [-0.05, 0) is 60.2 Å². The van der Waals surface area contributed by atoms with Crippen molar-refractivity contribution in [2.75, 3.05) is 23.1 Å². The molecular formula is C23H20FN3O3. The number of hydrogen-bond donors (Lipinski definition) is 3. The fourth-order valence-corrected chi connectivity index (χ4v) is 2.59. The lowest BCUT2D eigenvalue weighted by molar-refractivity contribution is -0.111.